The Balaban J connectivity index is 1.80. The van der Waals surface area contributed by atoms with Crippen molar-refractivity contribution in [1.82, 2.24) is 5.32 Å². The topological polar surface area (TPSA) is 64.3 Å². The molecule has 1 aromatic rings. The first-order valence-electron chi connectivity index (χ1n) is 7.37. The summed E-state index contributed by atoms with van der Waals surface area (Å²) in [6, 6.07) is 4.87. The number of rotatable bonds is 8. The zero-order chi connectivity index (χ0) is 15.5. The summed E-state index contributed by atoms with van der Waals surface area (Å²) in [5, 5.41) is 3.30. The van der Waals surface area contributed by atoms with Crippen molar-refractivity contribution in [3.05, 3.63) is 29.6 Å². The van der Waals surface area contributed by atoms with Crippen LogP contribution in [0.4, 0.5) is 4.39 Å². The fourth-order valence-corrected chi connectivity index (χ4v) is 2.33. The Hall–Kier alpha value is -1.62. The van der Waals surface area contributed by atoms with E-state index in [-0.39, 0.29) is 11.7 Å². The maximum atomic E-state index is 13.0. The summed E-state index contributed by atoms with van der Waals surface area (Å²) >= 11 is 0. The summed E-state index contributed by atoms with van der Waals surface area (Å²) in [5.74, 6) is 0.0782. The lowest BCUT2D eigenvalue weighted by Crippen LogP contribution is -2.54. The van der Waals surface area contributed by atoms with Crippen molar-refractivity contribution in [2.24, 2.45) is 5.73 Å². The van der Waals surface area contributed by atoms with Crippen LogP contribution in [0.2, 0.25) is 0 Å². The molecule has 0 heterocycles. The molecule has 1 aliphatic rings. The summed E-state index contributed by atoms with van der Waals surface area (Å²) in [5.41, 5.74) is 5.59. The molecule has 0 bridgehead atoms. The average molecular weight is 294 g/mol. The number of benzene rings is 1. The molecule has 1 amide bonds. The normalized spacial score (nSPS) is 17.3. The van der Waals surface area contributed by atoms with E-state index in [1.165, 1.54) is 12.1 Å². The van der Waals surface area contributed by atoms with Crippen LogP contribution in [0.3, 0.4) is 0 Å². The van der Waals surface area contributed by atoms with Crippen molar-refractivity contribution in [1.29, 1.82) is 0 Å². The Morgan fingerprint density at radius 1 is 1.52 bits per heavy atom. The summed E-state index contributed by atoms with van der Waals surface area (Å²) in [6.07, 6.45) is 3.54. The quantitative estimate of drug-likeness (QED) is 0.723. The first-order chi connectivity index (χ1) is 9.90. The van der Waals surface area contributed by atoms with Crippen molar-refractivity contribution in [3.8, 4) is 5.75 Å². The molecule has 1 aliphatic carbocycles. The second-order valence-corrected chi connectivity index (χ2v) is 5.98. The molecule has 5 heteroatoms. The van der Waals surface area contributed by atoms with Gasteiger partial charge in [0.25, 0.3) is 0 Å². The second-order valence-electron chi connectivity index (χ2n) is 5.98. The molecule has 116 valence electrons. The van der Waals surface area contributed by atoms with Crippen LogP contribution >= 0.6 is 0 Å². The molecule has 0 aromatic heterocycles. The third-order valence-corrected chi connectivity index (χ3v) is 3.86. The molecule has 1 aromatic carbocycles. The number of carbonyl (C=O) groups is 1. The van der Waals surface area contributed by atoms with Crippen LogP contribution in [-0.2, 0) is 4.79 Å². The number of nitrogens with two attached hydrogens (primary N) is 1. The van der Waals surface area contributed by atoms with Gasteiger partial charge in [-0.1, -0.05) is 0 Å². The third kappa shape index (κ3) is 4.43. The molecular formula is C16H23FN2O2. The van der Waals surface area contributed by atoms with Gasteiger partial charge in [-0.2, -0.15) is 0 Å². The predicted octanol–water partition coefficient (Wildman–Crippen LogP) is 2.29. The smallest absolute Gasteiger partial charge is 0.237 e. The number of hydrogen-bond acceptors (Lipinski definition) is 3. The molecule has 0 aliphatic heterocycles. The number of carbonyl (C=O) groups excluding carboxylic acids is 1. The highest BCUT2D eigenvalue weighted by Gasteiger charge is 2.36. The van der Waals surface area contributed by atoms with Crippen LogP contribution in [0, 0.1) is 12.7 Å². The highest BCUT2D eigenvalue weighted by Crippen LogP contribution is 2.25. The van der Waals surface area contributed by atoms with Crippen LogP contribution in [0.5, 0.6) is 5.75 Å². The Morgan fingerprint density at radius 2 is 2.24 bits per heavy atom. The zero-order valence-corrected chi connectivity index (χ0v) is 12.6. The summed E-state index contributed by atoms with van der Waals surface area (Å²) in [4.78, 5) is 11.6. The van der Waals surface area contributed by atoms with Gasteiger partial charge in [0.05, 0.1) is 12.1 Å². The van der Waals surface area contributed by atoms with Gasteiger partial charge < -0.3 is 15.8 Å². The minimum Gasteiger partial charge on any atom is -0.493 e. The molecule has 0 spiro atoms. The summed E-state index contributed by atoms with van der Waals surface area (Å²) in [7, 11) is 0. The van der Waals surface area contributed by atoms with Crippen LogP contribution in [0.1, 0.15) is 38.2 Å². The van der Waals surface area contributed by atoms with E-state index in [9.17, 15) is 9.18 Å². The number of aryl methyl sites for hydroxylation is 1. The zero-order valence-electron chi connectivity index (χ0n) is 12.6. The molecule has 0 saturated heterocycles. The van der Waals surface area contributed by atoms with Gasteiger partial charge in [0, 0.05) is 6.04 Å². The van der Waals surface area contributed by atoms with Gasteiger partial charge >= 0.3 is 0 Å². The van der Waals surface area contributed by atoms with E-state index < -0.39 is 5.54 Å². The number of ether oxygens (including phenoxy) is 1. The number of hydrogen-bond donors (Lipinski definition) is 2. The van der Waals surface area contributed by atoms with Gasteiger partial charge in [-0.3, -0.25) is 4.79 Å². The molecule has 0 radical (unpaired) electrons. The van der Waals surface area contributed by atoms with Crippen LogP contribution < -0.4 is 15.8 Å². The summed E-state index contributed by atoms with van der Waals surface area (Å²) < 4.78 is 18.6. The molecule has 4 nitrogen and oxygen atoms in total. The number of amides is 1. The van der Waals surface area contributed by atoms with Crippen molar-refractivity contribution < 1.29 is 13.9 Å². The van der Waals surface area contributed by atoms with E-state index >= 15 is 0 Å². The van der Waals surface area contributed by atoms with E-state index in [1.807, 2.05) is 6.92 Å². The van der Waals surface area contributed by atoms with Gasteiger partial charge in [-0.15, -0.1) is 0 Å². The SMILES string of the molecule is Cc1cc(F)ccc1OCCCC(C)(NC1CC1)C(N)=O. The predicted molar refractivity (Wildman–Crippen MR) is 79.6 cm³/mol. The highest BCUT2D eigenvalue weighted by molar-refractivity contribution is 5.84. The average Bonchev–Trinajstić information content (AvgIpc) is 3.20. The van der Waals surface area contributed by atoms with Gasteiger partial charge in [0.15, 0.2) is 0 Å². The van der Waals surface area contributed by atoms with E-state index in [4.69, 9.17) is 10.5 Å². The van der Waals surface area contributed by atoms with Gasteiger partial charge in [0.2, 0.25) is 5.91 Å². The van der Waals surface area contributed by atoms with Crippen molar-refractivity contribution in [2.45, 2.75) is 51.1 Å². The Bertz CT molecular complexity index is 517. The lowest BCUT2D eigenvalue weighted by Gasteiger charge is -2.27. The van der Waals surface area contributed by atoms with E-state index in [0.29, 0.717) is 31.2 Å². The fourth-order valence-electron chi connectivity index (χ4n) is 2.33. The van der Waals surface area contributed by atoms with Gasteiger partial charge in [-0.25, -0.2) is 4.39 Å². The van der Waals surface area contributed by atoms with Crippen molar-refractivity contribution in [2.75, 3.05) is 6.61 Å². The minimum atomic E-state index is -0.678. The molecule has 2 rings (SSSR count). The lowest BCUT2D eigenvalue weighted by atomic mass is 9.95. The number of primary amides is 1. The summed E-state index contributed by atoms with van der Waals surface area (Å²) in [6.45, 7) is 4.12. The van der Waals surface area contributed by atoms with Crippen molar-refractivity contribution in [3.63, 3.8) is 0 Å². The number of halogens is 1. The molecule has 1 atom stereocenters. The Morgan fingerprint density at radius 3 is 2.81 bits per heavy atom. The fraction of sp³-hybridized carbons (Fsp3) is 0.562. The first-order valence-corrected chi connectivity index (χ1v) is 7.37. The monoisotopic (exact) mass is 294 g/mol. The molecular weight excluding hydrogens is 271 g/mol. The Labute approximate surface area is 124 Å². The molecule has 1 saturated carbocycles. The van der Waals surface area contributed by atoms with Crippen LogP contribution in [0.25, 0.3) is 0 Å². The maximum absolute atomic E-state index is 13.0. The minimum absolute atomic E-state index is 0.269. The number of nitrogens with one attached hydrogen (secondary N) is 1. The van der Waals surface area contributed by atoms with Crippen molar-refractivity contribution >= 4 is 5.91 Å². The molecule has 1 fully saturated rings. The molecule has 21 heavy (non-hydrogen) atoms. The third-order valence-electron chi connectivity index (χ3n) is 3.86. The first kappa shape index (κ1) is 15.8. The molecule has 1 unspecified atom stereocenters. The maximum Gasteiger partial charge on any atom is 0.237 e. The van der Waals surface area contributed by atoms with Gasteiger partial charge in [0.1, 0.15) is 11.6 Å². The van der Waals surface area contributed by atoms with Crippen LogP contribution in [-0.4, -0.2) is 24.1 Å². The second kappa shape index (κ2) is 6.43. The van der Waals surface area contributed by atoms with Crippen LogP contribution in [0.15, 0.2) is 18.2 Å². The largest absolute Gasteiger partial charge is 0.493 e. The molecule has 3 N–H and O–H groups in total. The van der Waals surface area contributed by atoms with E-state index in [2.05, 4.69) is 5.32 Å². The van der Waals surface area contributed by atoms with Gasteiger partial charge in [-0.05, 0) is 63.3 Å². The lowest BCUT2D eigenvalue weighted by molar-refractivity contribution is -0.124. The standard InChI is InChI=1S/C16H23FN2O2/c1-11-10-12(17)4-7-14(11)21-9-3-8-16(2,15(18)20)19-13-5-6-13/h4,7,10,13,19H,3,5-6,8-9H2,1-2H3,(H2,18,20). The highest BCUT2D eigenvalue weighted by atomic mass is 19.1. The van der Waals surface area contributed by atoms with E-state index in [0.717, 1.165) is 18.4 Å². The van der Waals surface area contributed by atoms with E-state index in [1.54, 1.807) is 13.0 Å². The Kier molecular flexibility index (Phi) is 4.83.